The number of methoxy groups -OCH3 is 1. The van der Waals surface area contributed by atoms with E-state index in [0.29, 0.717) is 27.1 Å². The number of esters is 2. The number of thioether (sulfide) groups is 2. The maximum absolute atomic E-state index is 12.4. The van der Waals surface area contributed by atoms with E-state index in [0.717, 1.165) is 0 Å². The smallest absolute Gasteiger partial charge is 0.375 e. The van der Waals surface area contributed by atoms with Crippen molar-refractivity contribution in [3.63, 3.8) is 0 Å². The number of furan rings is 1. The lowest BCUT2D eigenvalue weighted by Crippen LogP contribution is -2.24. The first-order valence-electron chi connectivity index (χ1n) is 8.64. The number of carbonyl (C=O) groups excluding carboxylic acids is 2. The SMILES string of the molecule is CCOC(=O)c1oc2nc(SC)nc(OC(C)(C)C)c2c1SCCC(=O)OC. The third-order valence-electron chi connectivity index (χ3n) is 3.28. The largest absolute Gasteiger partial charge is 0.471 e. The van der Waals surface area contributed by atoms with Crippen molar-refractivity contribution in [1.29, 1.82) is 0 Å². The molecule has 2 aromatic rings. The zero-order chi connectivity index (χ0) is 20.9. The van der Waals surface area contributed by atoms with E-state index in [1.165, 1.54) is 30.6 Å². The Hall–Kier alpha value is -1.94. The van der Waals surface area contributed by atoms with E-state index in [4.69, 9.17) is 13.9 Å². The van der Waals surface area contributed by atoms with Crippen molar-refractivity contribution in [3.8, 4) is 5.88 Å². The fourth-order valence-electron chi connectivity index (χ4n) is 2.19. The van der Waals surface area contributed by atoms with E-state index in [1.54, 1.807) is 6.92 Å². The van der Waals surface area contributed by atoms with Gasteiger partial charge >= 0.3 is 11.9 Å². The van der Waals surface area contributed by atoms with Gasteiger partial charge in [0, 0.05) is 5.75 Å². The molecule has 154 valence electrons. The molecule has 0 atom stereocenters. The molecule has 0 radical (unpaired) electrons. The monoisotopic (exact) mass is 428 g/mol. The second kappa shape index (κ2) is 9.51. The summed E-state index contributed by atoms with van der Waals surface area (Å²) in [4.78, 5) is 33.2. The number of aromatic nitrogens is 2. The average molecular weight is 429 g/mol. The molecular formula is C18H24N2O6S2. The maximum Gasteiger partial charge on any atom is 0.375 e. The Labute approximate surface area is 172 Å². The molecular weight excluding hydrogens is 404 g/mol. The van der Waals surface area contributed by atoms with Crippen LogP contribution >= 0.6 is 23.5 Å². The van der Waals surface area contributed by atoms with Crippen LogP contribution in [0.1, 0.15) is 44.7 Å². The van der Waals surface area contributed by atoms with Crippen molar-refractivity contribution >= 4 is 46.6 Å². The van der Waals surface area contributed by atoms with Gasteiger partial charge in [-0.25, -0.2) is 4.79 Å². The molecule has 0 aliphatic heterocycles. The quantitative estimate of drug-likeness (QED) is 0.349. The third kappa shape index (κ3) is 5.54. The fraction of sp³-hybridized carbons (Fsp3) is 0.556. The van der Waals surface area contributed by atoms with Gasteiger partial charge in [0.1, 0.15) is 11.0 Å². The van der Waals surface area contributed by atoms with Crippen molar-refractivity contribution < 1.29 is 28.2 Å². The van der Waals surface area contributed by atoms with Gasteiger partial charge in [0.25, 0.3) is 0 Å². The molecule has 0 N–H and O–H groups in total. The Balaban J connectivity index is 2.59. The maximum atomic E-state index is 12.4. The lowest BCUT2D eigenvalue weighted by molar-refractivity contribution is -0.140. The molecule has 2 heterocycles. The summed E-state index contributed by atoms with van der Waals surface area (Å²) in [6.45, 7) is 7.61. The second-order valence-electron chi connectivity index (χ2n) is 6.57. The number of hydrogen-bond donors (Lipinski definition) is 0. The minimum absolute atomic E-state index is 0.0260. The Kier molecular flexibility index (Phi) is 7.59. The molecule has 0 saturated heterocycles. The van der Waals surface area contributed by atoms with Gasteiger partial charge in [0.15, 0.2) is 5.16 Å². The zero-order valence-corrected chi connectivity index (χ0v) is 18.4. The Morgan fingerprint density at radius 1 is 1.21 bits per heavy atom. The molecule has 0 spiro atoms. The Bertz CT molecular complexity index is 860. The highest BCUT2D eigenvalue weighted by molar-refractivity contribution is 7.99. The topological polar surface area (TPSA) is 101 Å². The Morgan fingerprint density at radius 2 is 1.93 bits per heavy atom. The summed E-state index contributed by atoms with van der Waals surface area (Å²) < 4.78 is 21.5. The Morgan fingerprint density at radius 3 is 2.50 bits per heavy atom. The summed E-state index contributed by atoms with van der Waals surface area (Å²) in [5.74, 6) is -0.217. The van der Waals surface area contributed by atoms with Crippen LogP contribution < -0.4 is 4.74 Å². The molecule has 8 nitrogen and oxygen atoms in total. The fourth-order valence-corrected chi connectivity index (χ4v) is 3.59. The molecule has 0 aliphatic rings. The first-order valence-corrected chi connectivity index (χ1v) is 10.9. The van der Waals surface area contributed by atoms with E-state index < -0.39 is 11.6 Å². The minimum atomic E-state index is -0.603. The first kappa shape index (κ1) is 22.4. The van der Waals surface area contributed by atoms with Gasteiger partial charge in [-0.15, -0.1) is 11.8 Å². The van der Waals surface area contributed by atoms with Crippen LogP contribution in [0.25, 0.3) is 11.1 Å². The van der Waals surface area contributed by atoms with Gasteiger partial charge in [-0.05, 0) is 34.0 Å². The van der Waals surface area contributed by atoms with Crippen molar-refractivity contribution in [2.45, 2.75) is 49.8 Å². The van der Waals surface area contributed by atoms with Gasteiger partial charge in [-0.2, -0.15) is 9.97 Å². The van der Waals surface area contributed by atoms with Gasteiger partial charge in [-0.1, -0.05) is 11.8 Å². The van der Waals surface area contributed by atoms with E-state index in [2.05, 4.69) is 14.7 Å². The van der Waals surface area contributed by atoms with Crippen LogP contribution in [0.4, 0.5) is 0 Å². The number of hydrogen-bond acceptors (Lipinski definition) is 10. The van der Waals surface area contributed by atoms with Crippen LogP contribution in [0.2, 0.25) is 0 Å². The number of carbonyl (C=O) groups is 2. The number of fused-ring (bicyclic) bond motifs is 1. The van der Waals surface area contributed by atoms with Crippen LogP contribution in [0.15, 0.2) is 14.5 Å². The standard InChI is InChI=1S/C18H24N2O6S2/c1-7-24-16(22)12-13(28-9-8-10(21)23-5)11-14(25-12)19-17(27-6)20-15(11)26-18(2,3)4/h7-9H2,1-6H3. The average Bonchev–Trinajstić information content (AvgIpc) is 2.99. The highest BCUT2D eigenvalue weighted by atomic mass is 32.2. The number of rotatable bonds is 8. The summed E-state index contributed by atoms with van der Waals surface area (Å²) in [6.07, 6.45) is 2.01. The third-order valence-corrected chi connectivity index (χ3v) is 4.91. The van der Waals surface area contributed by atoms with Crippen molar-refractivity contribution in [3.05, 3.63) is 5.76 Å². The summed E-state index contributed by atoms with van der Waals surface area (Å²) in [5, 5.41) is 0.952. The summed E-state index contributed by atoms with van der Waals surface area (Å²) in [6, 6.07) is 0. The van der Waals surface area contributed by atoms with Crippen molar-refractivity contribution in [2.24, 2.45) is 0 Å². The van der Waals surface area contributed by atoms with Crippen LogP contribution in [0.5, 0.6) is 5.88 Å². The molecule has 2 aromatic heterocycles. The molecule has 0 unspecified atom stereocenters. The molecule has 2 rings (SSSR count). The first-order chi connectivity index (χ1) is 13.2. The molecule has 0 saturated carbocycles. The summed E-state index contributed by atoms with van der Waals surface area (Å²) in [7, 11) is 1.33. The van der Waals surface area contributed by atoms with E-state index >= 15 is 0 Å². The minimum Gasteiger partial charge on any atom is -0.471 e. The molecule has 0 amide bonds. The normalized spacial score (nSPS) is 11.5. The van der Waals surface area contributed by atoms with Gasteiger partial charge < -0.3 is 18.6 Å². The van der Waals surface area contributed by atoms with Crippen molar-refractivity contribution in [2.75, 3.05) is 25.7 Å². The molecule has 0 bridgehead atoms. The van der Waals surface area contributed by atoms with Gasteiger partial charge in [0.2, 0.25) is 17.4 Å². The highest BCUT2D eigenvalue weighted by Crippen LogP contribution is 2.40. The number of nitrogens with zero attached hydrogens (tertiary/aromatic N) is 2. The predicted octanol–water partition coefficient (Wildman–Crippen LogP) is 3.95. The molecule has 28 heavy (non-hydrogen) atoms. The van der Waals surface area contributed by atoms with Crippen LogP contribution in [0, 0.1) is 0 Å². The van der Waals surface area contributed by atoms with Crippen LogP contribution in [-0.2, 0) is 14.3 Å². The van der Waals surface area contributed by atoms with Crippen molar-refractivity contribution in [1.82, 2.24) is 9.97 Å². The molecule has 0 aromatic carbocycles. The van der Waals surface area contributed by atoms with E-state index in [9.17, 15) is 9.59 Å². The lowest BCUT2D eigenvalue weighted by Gasteiger charge is -2.21. The molecule has 0 aliphatic carbocycles. The molecule has 0 fully saturated rings. The molecule has 10 heteroatoms. The highest BCUT2D eigenvalue weighted by Gasteiger charge is 2.29. The van der Waals surface area contributed by atoms with E-state index in [1.807, 2.05) is 27.0 Å². The zero-order valence-electron chi connectivity index (χ0n) is 16.8. The lowest BCUT2D eigenvalue weighted by atomic mass is 10.2. The van der Waals surface area contributed by atoms with Crippen LogP contribution in [-0.4, -0.2) is 53.2 Å². The second-order valence-corrected chi connectivity index (χ2v) is 8.44. The number of ether oxygens (including phenoxy) is 3. The predicted molar refractivity (Wildman–Crippen MR) is 107 cm³/mol. The summed E-state index contributed by atoms with van der Waals surface area (Å²) in [5.41, 5.74) is -0.283. The summed E-state index contributed by atoms with van der Waals surface area (Å²) >= 11 is 2.61. The van der Waals surface area contributed by atoms with Gasteiger partial charge in [-0.3, -0.25) is 4.79 Å². The van der Waals surface area contributed by atoms with E-state index in [-0.39, 0.29) is 30.5 Å². The van der Waals surface area contributed by atoms with Crippen LogP contribution in [0.3, 0.4) is 0 Å². The van der Waals surface area contributed by atoms with Gasteiger partial charge in [0.05, 0.1) is 25.0 Å².